The van der Waals surface area contributed by atoms with Crippen molar-refractivity contribution in [2.45, 2.75) is 20.5 Å². The lowest BCUT2D eigenvalue weighted by Gasteiger charge is -2.11. The summed E-state index contributed by atoms with van der Waals surface area (Å²) in [6, 6.07) is 11.5. The van der Waals surface area contributed by atoms with E-state index in [1.54, 1.807) is 44.2 Å². The van der Waals surface area contributed by atoms with Gasteiger partial charge in [-0.1, -0.05) is 6.07 Å². The van der Waals surface area contributed by atoms with Crippen molar-refractivity contribution in [2.75, 3.05) is 0 Å². The van der Waals surface area contributed by atoms with Crippen molar-refractivity contribution >= 4 is 17.0 Å². The van der Waals surface area contributed by atoms with E-state index in [4.69, 9.17) is 9.47 Å². The molecule has 2 heterocycles. The smallest absolute Gasteiger partial charge is 0.336 e. The highest BCUT2D eigenvalue weighted by atomic mass is 19.1. The van der Waals surface area contributed by atoms with Crippen molar-refractivity contribution < 1.29 is 23.8 Å². The van der Waals surface area contributed by atoms with Crippen molar-refractivity contribution in [3.8, 4) is 17.4 Å². The van der Waals surface area contributed by atoms with Gasteiger partial charge in [0.2, 0.25) is 0 Å². The maximum absolute atomic E-state index is 14.0. The molecule has 0 aliphatic rings. The predicted octanol–water partition coefficient (Wildman–Crippen LogP) is 4.79. The molecule has 158 valence electrons. The second-order valence-corrected chi connectivity index (χ2v) is 7.16. The number of rotatable bonds is 6. The van der Waals surface area contributed by atoms with E-state index in [1.807, 2.05) is 11.6 Å². The summed E-state index contributed by atoms with van der Waals surface area (Å²) in [7, 11) is 1.84. The van der Waals surface area contributed by atoms with Crippen molar-refractivity contribution in [2.24, 2.45) is 7.05 Å². The number of carbonyl (C=O) groups is 1. The maximum atomic E-state index is 14.0. The lowest BCUT2D eigenvalue weighted by atomic mass is 10.1. The molecule has 0 radical (unpaired) electrons. The van der Waals surface area contributed by atoms with Gasteiger partial charge in [0.1, 0.15) is 23.9 Å². The molecule has 0 amide bonds. The Bertz CT molecular complexity index is 1300. The van der Waals surface area contributed by atoms with E-state index in [2.05, 4.69) is 9.97 Å². The third-order valence-electron chi connectivity index (χ3n) is 4.97. The van der Waals surface area contributed by atoms with E-state index >= 15 is 0 Å². The van der Waals surface area contributed by atoms with Crippen LogP contribution < -0.4 is 9.47 Å². The molecule has 31 heavy (non-hydrogen) atoms. The van der Waals surface area contributed by atoms with E-state index in [-0.39, 0.29) is 18.1 Å². The third kappa shape index (κ3) is 4.05. The summed E-state index contributed by atoms with van der Waals surface area (Å²) in [6.45, 7) is 3.61. The number of aromatic nitrogens is 3. The van der Waals surface area contributed by atoms with Crippen molar-refractivity contribution in [1.82, 2.24) is 14.5 Å². The van der Waals surface area contributed by atoms with Crippen LogP contribution in [-0.2, 0) is 13.7 Å². The van der Waals surface area contributed by atoms with Crippen LogP contribution >= 0.6 is 0 Å². The Morgan fingerprint density at radius 2 is 2.00 bits per heavy atom. The first-order valence-corrected chi connectivity index (χ1v) is 9.54. The quantitative estimate of drug-likeness (QED) is 0.482. The second-order valence-electron chi connectivity index (χ2n) is 7.16. The molecule has 0 unspecified atom stereocenters. The maximum Gasteiger partial charge on any atom is 0.336 e. The monoisotopic (exact) mass is 421 g/mol. The first-order valence-electron chi connectivity index (χ1n) is 9.54. The minimum absolute atomic E-state index is 0.0931. The van der Waals surface area contributed by atoms with Crippen molar-refractivity contribution in [1.29, 1.82) is 0 Å². The molecule has 8 heteroatoms. The van der Waals surface area contributed by atoms with Gasteiger partial charge in [0.25, 0.3) is 5.88 Å². The topological polar surface area (TPSA) is 86.5 Å². The molecule has 7 nitrogen and oxygen atoms in total. The standard InChI is InChI=1S/C23H20FN3O4/c1-13-9-17(24)22(25-11-13)31-15-7-8-18-19(10-15)27(3)21(26-18)12-30-20-6-4-5-16(14(20)2)23(28)29/h4-11H,12H2,1-3H3,(H,28,29). The van der Waals surface area contributed by atoms with Gasteiger partial charge in [-0.3, -0.25) is 0 Å². The lowest BCUT2D eigenvalue weighted by Crippen LogP contribution is -2.06. The van der Waals surface area contributed by atoms with Crippen LogP contribution in [-0.4, -0.2) is 25.6 Å². The highest BCUT2D eigenvalue weighted by molar-refractivity contribution is 5.90. The SMILES string of the molecule is Cc1cnc(Oc2ccc3nc(COc4cccc(C(=O)O)c4C)n(C)c3c2)c(F)c1. The Kier molecular flexibility index (Phi) is 5.29. The van der Waals surface area contributed by atoms with Gasteiger partial charge in [0, 0.05) is 24.9 Å². The van der Waals surface area contributed by atoms with Gasteiger partial charge < -0.3 is 19.1 Å². The van der Waals surface area contributed by atoms with Gasteiger partial charge in [0.05, 0.1) is 16.6 Å². The zero-order valence-electron chi connectivity index (χ0n) is 17.2. The third-order valence-corrected chi connectivity index (χ3v) is 4.97. The van der Waals surface area contributed by atoms with Crippen LogP contribution in [0.1, 0.15) is 27.3 Å². The number of fused-ring (bicyclic) bond motifs is 1. The molecule has 0 bridgehead atoms. The second kappa shape index (κ2) is 8.06. The number of aryl methyl sites for hydroxylation is 2. The molecule has 0 saturated carbocycles. The van der Waals surface area contributed by atoms with Crippen LogP contribution in [0.3, 0.4) is 0 Å². The fourth-order valence-corrected chi connectivity index (χ4v) is 3.26. The van der Waals surface area contributed by atoms with Crippen molar-refractivity contribution in [3.63, 3.8) is 0 Å². The number of aromatic carboxylic acids is 1. The Hall–Kier alpha value is -3.94. The normalized spacial score (nSPS) is 11.0. The van der Waals surface area contributed by atoms with E-state index < -0.39 is 11.8 Å². The number of hydrogen-bond acceptors (Lipinski definition) is 5. The summed E-state index contributed by atoms with van der Waals surface area (Å²) in [6.07, 6.45) is 1.54. The molecule has 0 atom stereocenters. The molecule has 1 N–H and O–H groups in total. The van der Waals surface area contributed by atoms with Gasteiger partial charge in [-0.25, -0.2) is 19.2 Å². The van der Waals surface area contributed by atoms with Crippen molar-refractivity contribution in [3.05, 3.63) is 77.0 Å². The largest absolute Gasteiger partial charge is 0.485 e. The lowest BCUT2D eigenvalue weighted by molar-refractivity contribution is 0.0695. The molecule has 0 fully saturated rings. The zero-order valence-corrected chi connectivity index (χ0v) is 17.2. The highest BCUT2D eigenvalue weighted by Crippen LogP contribution is 2.28. The number of imidazole rings is 1. The molecule has 4 aromatic rings. The number of pyridine rings is 1. The zero-order chi connectivity index (χ0) is 22.1. The average Bonchev–Trinajstić information content (AvgIpc) is 3.04. The summed E-state index contributed by atoms with van der Waals surface area (Å²) < 4.78 is 27.3. The van der Waals surface area contributed by atoms with Gasteiger partial charge in [-0.2, -0.15) is 0 Å². The molecule has 2 aromatic heterocycles. The number of ether oxygens (including phenoxy) is 2. The summed E-state index contributed by atoms with van der Waals surface area (Å²) in [5, 5.41) is 9.27. The fourth-order valence-electron chi connectivity index (χ4n) is 3.26. The molecule has 0 spiro atoms. The van der Waals surface area contributed by atoms with Crippen LogP contribution in [0.4, 0.5) is 4.39 Å². The number of carboxylic acid groups (broad SMARTS) is 1. The number of carboxylic acids is 1. The number of hydrogen-bond donors (Lipinski definition) is 1. The minimum Gasteiger partial charge on any atom is -0.485 e. The van der Waals surface area contributed by atoms with E-state index in [9.17, 15) is 14.3 Å². The molecule has 2 aromatic carbocycles. The Morgan fingerprint density at radius 1 is 1.19 bits per heavy atom. The first kappa shape index (κ1) is 20.3. The minimum atomic E-state index is -1.00. The Labute approximate surface area is 177 Å². The van der Waals surface area contributed by atoms with Gasteiger partial charge in [0.15, 0.2) is 5.82 Å². The van der Waals surface area contributed by atoms with Crippen LogP contribution in [0, 0.1) is 19.7 Å². The number of nitrogens with zero attached hydrogens (tertiary/aromatic N) is 3. The van der Waals surface area contributed by atoms with Gasteiger partial charge >= 0.3 is 5.97 Å². The highest BCUT2D eigenvalue weighted by Gasteiger charge is 2.14. The summed E-state index contributed by atoms with van der Waals surface area (Å²) in [4.78, 5) is 19.9. The Balaban J connectivity index is 1.57. The van der Waals surface area contributed by atoms with Gasteiger partial charge in [-0.05, 0) is 49.7 Å². The molecule has 0 saturated heterocycles. The summed E-state index contributed by atoms with van der Waals surface area (Å²) in [5.41, 5.74) is 2.96. The Morgan fingerprint density at radius 3 is 2.74 bits per heavy atom. The van der Waals surface area contributed by atoms with Crippen LogP contribution in [0.25, 0.3) is 11.0 Å². The van der Waals surface area contributed by atoms with Crippen LogP contribution in [0.5, 0.6) is 17.4 Å². The van der Waals surface area contributed by atoms with E-state index in [0.29, 0.717) is 28.5 Å². The molecule has 0 aliphatic heterocycles. The molecular formula is C23H20FN3O4. The van der Waals surface area contributed by atoms with Gasteiger partial charge in [-0.15, -0.1) is 0 Å². The molecular weight excluding hydrogens is 401 g/mol. The number of benzene rings is 2. The first-order chi connectivity index (χ1) is 14.8. The average molecular weight is 421 g/mol. The predicted molar refractivity (Wildman–Crippen MR) is 112 cm³/mol. The number of halogens is 1. The fraction of sp³-hybridized carbons (Fsp3) is 0.174. The van der Waals surface area contributed by atoms with E-state index in [0.717, 1.165) is 11.0 Å². The van der Waals surface area contributed by atoms with Crippen LogP contribution in [0.2, 0.25) is 0 Å². The van der Waals surface area contributed by atoms with Crippen LogP contribution in [0.15, 0.2) is 48.7 Å². The van der Waals surface area contributed by atoms with E-state index in [1.165, 1.54) is 18.3 Å². The summed E-state index contributed by atoms with van der Waals surface area (Å²) >= 11 is 0. The molecule has 0 aliphatic carbocycles. The summed E-state index contributed by atoms with van der Waals surface area (Å²) in [5.74, 6) is -0.0626. The molecule has 4 rings (SSSR count).